The van der Waals surface area contributed by atoms with Crippen LogP contribution >= 0.6 is 0 Å². The minimum absolute atomic E-state index is 0.0226. The first-order chi connectivity index (χ1) is 18.1. The van der Waals surface area contributed by atoms with Crippen LogP contribution in [0.15, 0.2) is 66.5 Å². The van der Waals surface area contributed by atoms with E-state index in [4.69, 9.17) is 4.74 Å². The summed E-state index contributed by atoms with van der Waals surface area (Å²) in [6.45, 7) is -1.28. The standard InChI is InChI=1S/C25H20F9NO4/c26-23(27,28)21(36)12-35-19-9-3-8-18(14-4-1-6-16(10-14)38-24(29,30)31)22(19)37-13-20(35)15-5-2-7-17(11-15)39-25(32,33)34/h1-4,6-11,15,20-21,36H,5,12-13H2/t15?,20-,21-/m1/s1. The van der Waals surface area contributed by atoms with Crippen molar-refractivity contribution in [3.63, 3.8) is 0 Å². The molecule has 2 aromatic rings. The number of benzene rings is 2. The average molecular weight is 569 g/mol. The van der Waals surface area contributed by atoms with Gasteiger partial charge in [-0.2, -0.15) is 13.2 Å². The Morgan fingerprint density at radius 1 is 0.949 bits per heavy atom. The number of anilines is 1. The second-order valence-corrected chi connectivity index (χ2v) is 8.74. The summed E-state index contributed by atoms with van der Waals surface area (Å²) in [7, 11) is 0. The first kappa shape index (κ1) is 28.5. The van der Waals surface area contributed by atoms with Crippen molar-refractivity contribution in [3.05, 3.63) is 66.5 Å². The second kappa shape index (κ2) is 10.5. The number of hydrogen-bond acceptors (Lipinski definition) is 5. The first-order valence-corrected chi connectivity index (χ1v) is 11.4. The Hall–Kier alpha value is -3.55. The van der Waals surface area contributed by atoms with Gasteiger partial charge in [0.05, 0.1) is 18.3 Å². The number of aliphatic hydroxyl groups excluding tert-OH is 1. The molecule has 1 heterocycles. The number of ether oxygens (including phenoxy) is 3. The van der Waals surface area contributed by atoms with E-state index >= 15 is 0 Å². The third kappa shape index (κ3) is 7.11. The lowest BCUT2D eigenvalue weighted by Crippen LogP contribution is -2.52. The predicted octanol–water partition coefficient (Wildman–Crippen LogP) is 6.74. The molecule has 4 rings (SSSR count). The van der Waals surface area contributed by atoms with Gasteiger partial charge < -0.3 is 24.2 Å². The van der Waals surface area contributed by atoms with Crippen molar-refractivity contribution >= 4 is 5.69 Å². The summed E-state index contributed by atoms with van der Waals surface area (Å²) in [6.07, 6.45) is -14.0. The molecular weight excluding hydrogens is 549 g/mol. The molecule has 1 N–H and O–H groups in total. The van der Waals surface area contributed by atoms with Crippen LogP contribution < -0.4 is 14.4 Å². The number of hydrogen-bond donors (Lipinski definition) is 1. The summed E-state index contributed by atoms with van der Waals surface area (Å²) < 4.78 is 130. The highest BCUT2D eigenvalue weighted by Crippen LogP contribution is 2.45. The second-order valence-electron chi connectivity index (χ2n) is 8.74. The molecular formula is C25H20F9NO4. The molecule has 2 aromatic carbocycles. The van der Waals surface area contributed by atoms with E-state index in [1.54, 1.807) is 0 Å². The smallest absolute Gasteiger partial charge is 0.489 e. The van der Waals surface area contributed by atoms with Crippen molar-refractivity contribution in [3.8, 4) is 22.6 Å². The molecule has 3 atom stereocenters. The van der Waals surface area contributed by atoms with Gasteiger partial charge in [0, 0.05) is 11.5 Å². The van der Waals surface area contributed by atoms with Crippen LogP contribution in [0, 0.1) is 5.92 Å². The Kier molecular flexibility index (Phi) is 7.70. The number of rotatable bonds is 6. The number of halogens is 9. The van der Waals surface area contributed by atoms with Gasteiger partial charge in [-0.15, -0.1) is 26.3 Å². The maximum Gasteiger partial charge on any atom is 0.573 e. The molecule has 2 aliphatic rings. The van der Waals surface area contributed by atoms with Crippen LogP contribution in [-0.2, 0) is 4.74 Å². The van der Waals surface area contributed by atoms with E-state index in [9.17, 15) is 44.6 Å². The van der Waals surface area contributed by atoms with Crippen molar-refractivity contribution in [2.45, 2.75) is 37.5 Å². The number of β-amino-alcohol motifs (C(OH)–C–C–N with tert-alkyl or cyclic N) is 1. The Morgan fingerprint density at radius 3 is 2.31 bits per heavy atom. The van der Waals surface area contributed by atoms with Gasteiger partial charge in [-0.05, 0) is 42.3 Å². The molecule has 0 saturated carbocycles. The van der Waals surface area contributed by atoms with Crippen molar-refractivity contribution in [2.24, 2.45) is 5.92 Å². The first-order valence-electron chi connectivity index (χ1n) is 11.4. The van der Waals surface area contributed by atoms with Gasteiger partial charge in [0.25, 0.3) is 0 Å². The summed E-state index contributed by atoms with van der Waals surface area (Å²) in [5.74, 6) is -1.86. The molecule has 0 fully saturated rings. The molecule has 39 heavy (non-hydrogen) atoms. The molecule has 0 spiro atoms. The SMILES string of the molecule is O[C@H](CN1c2cccc(-c3cccc(OC(F)(F)F)c3)c2OC[C@@H]1C1C=C(OC(F)(F)F)C=CC1)C(F)(F)F. The summed E-state index contributed by atoms with van der Waals surface area (Å²) in [4.78, 5) is 1.18. The Morgan fingerprint density at radius 2 is 1.64 bits per heavy atom. The summed E-state index contributed by atoms with van der Waals surface area (Å²) in [5.41, 5.74) is 0.491. The maximum absolute atomic E-state index is 13.3. The molecule has 1 unspecified atom stereocenters. The molecule has 5 nitrogen and oxygen atoms in total. The molecule has 0 saturated heterocycles. The number of aliphatic hydroxyl groups is 1. The van der Waals surface area contributed by atoms with Crippen molar-refractivity contribution < 1.29 is 58.8 Å². The highest BCUT2D eigenvalue weighted by atomic mass is 19.4. The molecule has 14 heteroatoms. The van der Waals surface area contributed by atoms with Crippen LogP contribution in [0.1, 0.15) is 6.42 Å². The lowest BCUT2D eigenvalue weighted by molar-refractivity contribution is -0.303. The van der Waals surface area contributed by atoms with Crippen LogP contribution in [0.2, 0.25) is 0 Å². The topological polar surface area (TPSA) is 51.2 Å². The van der Waals surface area contributed by atoms with Crippen molar-refractivity contribution in [1.82, 2.24) is 0 Å². The molecule has 1 aliphatic heterocycles. The fourth-order valence-corrected chi connectivity index (χ4v) is 4.45. The van der Waals surface area contributed by atoms with Gasteiger partial charge in [0.2, 0.25) is 0 Å². The van der Waals surface area contributed by atoms with Gasteiger partial charge in [-0.3, -0.25) is 0 Å². The summed E-state index contributed by atoms with van der Waals surface area (Å²) >= 11 is 0. The monoisotopic (exact) mass is 569 g/mol. The largest absolute Gasteiger partial charge is 0.573 e. The lowest BCUT2D eigenvalue weighted by Gasteiger charge is -2.43. The number of alkyl halides is 9. The summed E-state index contributed by atoms with van der Waals surface area (Å²) in [6, 6.07) is 8.21. The number of fused-ring (bicyclic) bond motifs is 1. The number of allylic oxidation sites excluding steroid dienone is 2. The predicted molar refractivity (Wildman–Crippen MR) is 120 cm³/mol. The molecule has 0 amide bonds. The van der Waals surface area contributed by atoms with E-state index < -0.39 is 55.0 Å². The lowest BCUT2D eigenvalue weighted by atomic mass is 9.89. The van der Waals surface area contributed by atoms with E-state index in [1.807, 2.05) is 0 Å². The molecule has 0 radical (unpaired) electrons. The van der Waals surface area contributed by atoms with E-state index in [1.165, 1.54) is 41.3 Å². The van der Waals surface area contributed by atoms with Gasteiger partial charge in [-0.1, -0.05) is 30.3 Å². The number of para-hydroxylation sites is 1. The van der Waals surface area contributed by atoms with Crippen LogP contribution in [0.5, 0.6) is 11.5 Å². The van der Waals surface area contributed by atoms with Gasteiger partial charge in [-0.25, -0.2) is 0 Å². The highest BCUT2D eigenvalue weighted by molar-refractivity contribution is 5.80. The zero-order chi connectivity index (χ0) is 28.6. The van der Waals surface area contributed by atoms with E-state index in [-0.39, 0.29) is 35.6 Å². The van der Waals surface area contributed by atoms with Crippen molar-refractivity contribution in [2.75, 3.05) is 18.1 Å². The zero-order valence-corrected chi connectivity index (χ0v) is 19.6. The minimum atomic E-state index is -5.00. The third-order valence-corrected chi connectivity index (χ3v) is 6.03. The van der Waals surface area contributed by atoms with Crippen LogP contribution in [0.3, 0.4) is 0 Å². The highest BCUT2D eigenvalue weighted by Gasteiger charge is 2.43. The summed E-state index contributed by atoms with van der Waals surface area (Å²) in [5, 5.41) is 9.88. The normalized spacial score (nSPS) is 20.6. The fourth-order valence-electron chi connectivity index (χ4n) is 4.45. The molecule has 0 bridgehead atoms. The molecule has 1 aliphatic carbocycles. The van der Waals surface area contributed by atoms with Crippen molar-refractivity contribution in [1.29, 1.82) is 0 Å². The number of nitrogens with zero attached hydrogens (tertiary/aromatic N) is 1. The van der Waals surface area contributed by atoms with E-state index in [0.717, 1.165) is 24.3 Å². The van der Waals surface area contributed by atoms with Gasteiger partial charge in [0.15, 0.2) is 11.9 Å². The quantitative estimate of drug-likeness (QED) is 0.391. The average Bonchev–Trinajstić information content (AvgIpc) is 2.81. The molecule has 212 valence electrons. The van der Waals surface area contributed by atoms with Gasteiger partial charge in [0.1, 0.15) is 18.1 Å². The Bertz CT molecular complexity index is 1240. The van der Waals surface area contributed by atoms with Gasteiger partial charge >= 0.3 is 18.9 Å². The Labute approximate surface area is 215 Å². The van der Waals surface area contributed by atoms with E-state index in [2.05, 4.69) is 9.47 Å². The van der Waals surface area contributed by atoms with E-state index in [0.29, 0.717) is 0 Å². The maximum atomic E-state index is 13.3. The minimum Gasteiger partial charge on any atom is -0.489 e. The fraction of sp³-hybridized carbons (Fsp3) is 0.360. The van der Waals surface area contributed by atoms with Crippen LogP contribution in [0.25, 0.3) is 11.1 Å². The Balaban J connectivity index is 1.73. The molecule has 0 aromatic heterocycles. The zero-order valence-electron chi connectivity index (χ0n) is 19.6. The third-order valence-electron chi connectivity index (χ3n) is 6.03. The van der Waals surface area contributed by atoms with Crippen LogP contribution in [0.4, 0.5) is 45.2 Å². The van der Waals surface area contributed by atoms with Crippen LogP contribution in [-0.4, -0.2) is 49.3 Å².